The fourth-order valence-corrected chi connectivity index (χ4v) is 1.39. The Kier molecular flexibility index (Phi) is 4.59. The monoisotopic (exact) mass is 251 g/mol. The molecule has 1 N–H and O–H groups in total. The fraction of sp³-hybridized carbons (Fsp3) is 0.500. The van der Waals surface area contributed by atoms with Gasteiger partial charge in [0.05, 0.1) is 7.11 Å². The van der Waals surface area contributed by atoms with Crippen LogP contribution in [0.25, 0.3) is 0 Å². The van der Waals surface area contributed by atoms with Crippen molar-refractivity contribution < 1.29 is 14.3 Å². The molecule has 1 atom stereocenters. The topological polar surface area (TPSA) is 47.6 Å². The average molecular weight is 251 g/mol. The summed E-state index contributed by atoms with van der Waals surface area (Å²) in [6, 6.07) is 7.01. The van der Waals surface area contributed by atoms with Gasteiger partial charge in [-0.1, -0.05) is 0 Å². The molecule has 1 rings (SSSR count). The van der Waals surface area contributed by atoms with E-state index in [1.807, 2.05) is 45.0 Å². The first-order chi connectivity index (χ1) is 8.31. The normalized spacial score (nSPS) is 12.7. The molecule has 4 nitrogen and oxygen atoms in total. The molecule has 0 saturated heterocycles. The number of hydrogen-bond acceptors (Lipinski definition) is 4. The van der Waals surface area contributed by atoms with E-state index >= 15 is 0 Å². The molecule has 4 heteroatoms. The molecular weight excluding hydrogens is 230 g/mol. The number of rotatable bonds is 4. The van der Waals surface area contributed by atoms with Gasteiger partial charge in [-0.15, -0.1) is 0 Å². The lowest BCUT2D eigenvalue weighted by Gasteiger charge is -2.23. The van der Waals surface area contributed by atoms with Gasteiger partial charge in [0.2, 0.25) is 0 Å². The number of carbonyl (C=O) groups is 1. The largest absolute Gasteiger partial charge is 0.497 e. The second kappa shape index (κ2) is 5.76. The van der Waals surface area contributed by atoms with Crippen molar-refractivity contribution in [3.8, 4) is 5.75 Å². The zero-order valence-corrected chi connectivity index (χ0v) is 11.6. The number of ether oxygens (including phenoxy) is 2. The van der Waals surface area contributed by atoms with Gasteiger partial charge in [-0.3, -0.25) is 0 Å². The Labute approximate surface area is 108 Å². The van der Waals surface area contributed by atoms with Crippen LogP contribution in [-0.2, 0) is 9.53 Å². The molecule has 0 saturated carbocycles. The zero-order valence-electron chi connectivity index (χ0n) is 11.6. The maximum absolute atomic E-state index is 11.8. The van der Waals surface area contributed by atoms with Crippen molar-refractivity contribution in [2.24, 2.45) is 0 Å². The number of hydrogen-bond donors (Lipinski definition) is 1. The maximum Gasteiger partial charge on any atom is 0.328 e. The van der Waals surface area contributed by atoms with E-state index in [1.54, 1.807) is 14.0 Å². The van der Waals surface area contributed by atoms with Crippen LogP contribution in [-0.4, -0.2) is 24.7 Å². The highest BCUT2D eigenvalue weighted by atomic mass is 16.6. The van der Waals surface area contributed by atoms with Crippen LogP contribution < -0.4 is 10.1 Å². The Morgan fingerprint density at radius 2 is 1.78 bits per heavy atom. The highest BCUT2D eigenvalue weighted by molar-refractivity contribution is 5.79. The first-order valence-corrected chi connectivity index (χ1v) is 5.95. The van der Waals surface area contributed by atoms with Crippen LogP contribution >= 0.6 is 0 Å². The fourth-order valence-electron chi connectivity index (χ4n) is 1.39. The molecule has 0 aromatic heterocycles. The molecule has 1 aromatic rings. The minimum atomic E-state index is -0.465. The van der Waals surface area contributed by atoms with Crippen molar-refractivity contribution in [2.45, 2.75) is 39.3 Å². The van der Waals surface area contributed by atoms with Crippen molar-refractivity contribution in [3.63, 3.8) is 0 Å². The zero-order chi connectivity index (χ0) is 13.8. The quantitative estimate of drug-likeness (QED) is 0.836. The summed E-state index contributed by atoms with van der Waals surface area (Å²) in [7, 11) is 1.62. The number of benzene rings is 1. The van der Waals surface area contributed by atoms with Gasteiger partial charge in [0.25, 0.3) is 0 Å². The minimum Gasteiger partial charge on any atom is -0.497 e. The number of carbonyl (C=O) groups excluding carboxylic acids is 1. The Bertz CT molecular complexity index is 392. The predicted molar refractivity (Wildman–Crippen MR) is 71.9 cm³/mol. The maximum atomic E-state index is 11.8. The summed E-state index contributed by atoms with van der Waals surface area (Å²) in [4.78, 5) is 11.8. The summed E-state index contributed by atoms with van der Waals surface area (Å²) in [6.45, 7) is 7.33. The van der Waals surface area contributed by atoms with Crippen molar-refractivity contribution in [1.82, 2.24) is 0 Å². The van der Waals surface area contributed by atoms with E-state index in [2.05, 4.69) is 5.32 Å². The highest BCUT2D eigenvalue weighted by Crippen LogP contribution is 2.16. The summed E-state index contributed by atoms with van der Waals surface area (Å²) >= 11 is 0. The van der Waals surface area contributed by atoms with Gasteiger partial charge in [0, 0.05) is 5.69 Å². The van der Waals surface area contributed by atoms with Crippen LogP contribution in [0.1, 0.15) is 27.7 Å². The summed E-state index contributed by atoms with van der Waals surface area (Å²) in [5.41, 5.74) is 0.390. The lowest BCUT2D eigenvalue weighted by molar-refractivity contribution is -0.155. The third kappa shape index (κ3) is 4.65. The summed E-state index contributed by atoms with van der Waals surface area (Å²) in [5.74, 6) is 0.517. The van der Waals surface area contributed by atoms with Crippen molar-refractivity contribution in [1.29, 1.82) is 0 Å². The van der Waals surface area contributed by atoms with Gasteiger partial charge >= 0.3 is 5.97 Å². The molecule has 0 amide bonds. The van der Waals surface area contributed by atoms with E-state index in [0.29, 0.717) is 0 Å². The molecule has 0 fully saturated rings. The second-order valence-electron chi connectivity index (χ2n) is 5.13. The minimum absolute atomic E-state index is 0.265. The molecule has 1 aromatic carbocycles. The predicted octanol–water partition coefficient (Wildman–Crippen LogP) is 2.84. The smallest absolute Gasteiger partial charge is 0.328 e. The lowest BCUT2D eigenvalue weighted by Crippen LogP contribution is -2.34. The lowest BCUT2D eigenvalue weighted by atomic mass is 10.2. The molecule has 0 aliphatic carbocycles. The third-order valence-corrected chi connectivity index (χ3v) is 2.23. The number of esters is 1. The summed E-state index contributed by atoms with van der Waals surface area (Å²) in [6.07, 6.45) is 0. The number of methoxy groups -OCH3 is 1. The van der Waals surface area contributed by atoms with Crippen LogP contribution in [0.5, 0.6) is 5.75 Å². The van der Waals surface area contributed by atoms with Crippen molar-refractivity contribution in [3.05, 3.63) is 24.3 Å². The molecule has 0 spiro atoms. The van der Waals surface area contributed by atoms with Crippen LogP contribution in [0.15, 0.2) is 24.3 Å². The van der Waals surface area contributed by atoms with Crippen LogP contribution in [0.4, 0.5) is 5.69 Å². The van der Waals surface area contributed by atoms with Gasteiger partial charge in [-0.2, -0.15) is 0 Å². The van der Waals surface area contributed by atoms with E-state index in [1.165, 1.54) is 0 Å². The standard InChI is InChI=1S/C14H21NO3/c1-10(13(16)18-14(2,3)4)15-11-6-8-12(17-5)9-7-11/h6-10,15H,1-5H3. The Hall–Kier alpha value is -1.71. The first kappa shape index (κ1) is 14.4. The van der Waals surface area contributed by atoms with Gasteiger partial charge < -0.3 is 14.8 Å². The molecule has 0 aliphatic heterocycles. The highest BCUT2D eigenvalue weighted by Gasteiger charge is 2.21. The van der Waals surface area contributed by atoms with Crippen LogP contribution in [0.3, 0.4) is 0 Å². The average Bonchev–Trinajstić information content (AvgIpc) is 2.27. The van der Waals surface area contributed by atoms with Crippen molar-refractivity contribution >= 4 is 11.7 Å². The van der Waals surface area contributed by atoms with E-state index in [0.717, 1.165) is 11.4 Å². The molecule has 100 valence electrons. The Morgan fingerprint density at radius 3 is 2.22 bits per heavy atom. The second-order valence-corrected chi connectivity index (χ2v) is 5.13. The SMILES string of the molecule is COc1ccc(NC(C)C(=O)OC(C)(C)C)cc1. The Balaban J connectivity index is 2.58. The molecule has 0 bridgehead atoms. The number of anilines is 1. The van der Waals surface area contributed by atoms with Crippen LogP contribution in [0.2, 0.25) is 0 Å². The van der Waals surface area contributed by atoms with E-state index < -0.39 is 11.6 Å². The van der Waals surface area contributed by atoms with Gasteiger partial charge in [-0.25, -0.2) is 4.79 Å². The Morgan fingerprint density at radius 1 is 1.22 bits per heavy atom. The summed E-state index contributed by atoms with van der Waals surface area (Å²) in [5, 5.41) is 3.09. The van der Waals surface area contributed by atoms with Gasteiger partial charge in [0.15, 0.2) is 0 Å². The molecule has 0 heterocycles. The molecular formula is C14H21NO3. The van der Waals surface area contributed by atoms with Gasteiger partial charge in [0.1, 0.15) is 17.4 Å². The third-order valence-electron chi connectivity index (χ3n) is 2.23. The summed E-state index contributed by atoms with van der Waals surface area (Å²) < 4.78 is 10.4. The molecule has 0 radical (unpaired) electrons. The van der Waals surface area contributed by atoms with E-state index in [-0.39, 0.29) is 5.97 Å². The van der Waals surface area contributed by atoms with Crippen molar-refractivity contribution in [2.75, 3.05) is 12.4 Å². The van der Waals surface area contributed by atoms with E-state index in [4.69, 9.17) is 9.47 Å². The molecule has 18 heavy (non-hydrogen) atoms. The first-order valence-electron chi connectivity index (χ1n) is 5.95. The van der Waals surface area contributed by atoms with Crippen LogP contribution in [0, 0.1) is 0 Å². The molecule has 0 aliphatic rings. The number of nitrogens with one attached hydrogen (secondary N) is 1. The van der Waals surface area contributed by atoms with Gasteiger partial charge in [-0.05, 0) is 52.0 Å². The van der Waals surface area contributed by atoms with E-state index in [9.17, 15) is 4.79 Å². The molecule has 1 unspecified atom stereocenters.